The molecule has 2 aromatic carbocycles. The Morgan fingerprint density at radius 3 is 2.73 bits per heavy atom. The van der Waals surface area contributed by atoms with Crippen LogP contribution in [0.3, 0.4) is 0 Å². The number of pyridine rings is 2. The lowest BCUT2D eigenvalue weighted by Crippen LogP contribution is -2.03. The molecule has 0 radical (unpaired) electrons. The van der Waals surface area contributed by atoms with E-state index in [0.29, 0.717) is 29.0 Å². The molecule has 0 amide bonds. The molecule has 0 bridgehead atoms. The number of hydrogen-bond donors (Lipinski definition) is 1. The van der Waals surface area contributed by atoms with Gasteiger partial charge in [-0.3, -0.25) is 4.98 Å². The van der Waals surface area contributed by atoms with Crippen molar-refractivity contribution >= 4 is 28.0 Å². The summed E-state index contributed by atoms with van der Waals surface area (Å²) in [7, 11) is 0. The summed E-state index contributed by atoms with van der Waals surface area (Å²) in [5, 5.41) is 18.4. The Hall–Kier alpha value is -4.20. The molecular formula is C22H14FN5O2. The van der Waals surface area contributed by atoms with Crippen LogP contribution in [-0.2, 0) is 6.54 Å². The minimum Gasteiger partial charge on any atom is -0.478 e. The highest BCUT2D eigenvalue weighted by atomic mass is 19.1. The number of rotatable bonds is 4. The lowest BCUT2D eigenvalue weighted by atomic mass is 10.1. The van der Waals surface area contributed by atoms with Gasteiger partial charge in [0.05, 0.1) is 23.3 Å². The van der Waals surface area contributed by atoms with E-state index in [2.05, 4.69) is 20.3 Å². The highest BCUT2D eigenvalue weighted by molar-refractivity contribution is 5.88. The fourth-order valence-corrected chi connectivity index (χ4v) is 3.37. The maximum Gasteiger partial charge on any atom is 0.338 e. The number of carboxylic acid groups (broad SMARTS) is 1. The van der Waals surface area contributed by atoms with Crippen molar-refractivity contribution in [2.24, 2.45) is 0 Å². The maximum atomic E-state index is 14.1. The molecule has 8 heteroatoms. The molecule has 0 aliphatic rings. The zero-order chi connectivity index (χ0) is 20.7. The normalized spacial score (nSPS) is 11.2. The number of aromatic carboxylic acids is 1. The SMILES string of the molecule is O=C(O)c1ccc(-c2ccc3nnn(Cc4ccc5ncccc5c4)c3n2)cc1F. The highest BCUT2D eigenvalue weighted by Gasteiger charge is 2.14. The van der Waals surface area contributed by atoms with Gasteiger partial charge in [-0.25, -0.2) is 18.9 Å². The fourth-order valence-electron chi connectivity index (χ4n) is 3.37. The molecule has 1 N–H and O–H groups in total. The van der Waals surface area contributed by atoms with E-state index in [1.54, 1.807) is 23.0 Å². The van der Waals surface area contributed by atoms with Gasteiger partial charge in [0, 0.05) is 17.1 Å². The third-order valence-electron chi connectivity index (χ3n) is 4.85. The van der Waals surface area contributed by atoms with Gasteiger partial charge in [-0.2, -0.15) is 0 Å². The second-order valence-electron chi connectivity index (χ2n) is 6.82. The molecule has 3 aromatic heterocycles. The Labute approximate surface area is 169 Å². The molecule has 0 unspecified atom stereocenters. The van der Waals surface area contributed by atoms with Gasteiger partial charge in [0.25, 0.3) is 0 Å². The molecule has 5 aromatic rings. The predicted molar refractivity (Wildman–Crippen MR) is 109 cm³/mol. The summed E-state index contributed by atoms with van der Waals surface area (Å²) < 4.78 is 15.8. The zero-order valence-electron chi connectivity index (χ0n) is 15.5. The molecule has 0 fully saturated rings. The van der Waals surface area contributed by atoms with Gasteiger partial charge in [-0.15, -0.1) is 5.10 Å². The van der Waals surface area contributed by atoms with Crippen molar-refractivity contribution in [1.82, 2.24) is 25.0 Å². The molecule has 3 heterocycles. The van der Waals surface area contributed by atoms with Gasteiger partial charge >= 0.3 is 5.97 Å². The Bertz CT molecular complexity index is 1430. The van der Waals surface area contributed by atoms with Gasteiger partial charge < -0.3 is 5.11 Å². The molecule has 5 rings (SSSR count). The van der Waals surface area contributed by atoms with Crippen LogP contribution in [0.1, 0.15) is 15.9 Å². The quantitative estimate of drug-likeness (QED) is 0.492. The number of hydrogen-bond acceptors (Lipinski definition) is 5. The lowest BCUT2D eigenvalue weighted by Gasteiger charge is -2.06. The summed E-state index contributed by atoms with van der Waals surface area (Å²) in [4.78, 5) is 19.9. The van der Waals surface area contributed by atoms with Crippen molar-refractivity contribution < 1.29 is 14.3 Å². The number of aromatic nitrogens is 5. The van der Waals surface area contributed by atoms with Crippen LogP contribution in [-0.4, -0.2) is 36.0 Å². The smallest absolute Gasteiger partial charge is 0.338 e. The Balaban J connectivity index is 1.52. The van der Waals surface area contributed by atoms with Crippen molar-refractivity contribution in [3.8, 4) is 11.3 Å². The third kappa shape index (κ3) is 3.14. The van der Waals surface area contributed by atoms with Crippen molar-refractivity contribution in [2.75, 3.05) is 0 Å². The van der Waals surface area contributed by atoms with Crippen molar-refractivity contribution in [1.29, 1.82) is 0 Å². The van der Waals surface area contributed by atoms with Crippen LogP contribution in [0, 0.1) is 5.82 Å². The monoisotopic (exact) mass is 399 g/mol. The van der Waals surface area contributed by atoms with Gasteiger partial charge in [0.2, 0.25) is 0 Å². The molecule has 0 spiro atoms. The summed E-state index contributed by atoms with van der Waals surface area (Å²) in [5.41, 5.74) is 3.71. The molecule has 0 saturated heterocycles. The van der Waals surface area contributed by atoms with E-state index in [0.717, 1.165) is 16.5 Å². The highest BCUT2D eigenvalue weighted by Crippen LogP contribution is 2.23. The predicted octanol–water partition coefficient (Wildman–Crippen LogP) is 3.93. The molecule has 146 valence electrons. The first-order valence-corrected chi connectivity index (χ1v) is 9.15. The number of fused-ring (bicyclic) bond motifs is 2. The van der Waals surface area contributed by atoms with E-state index in [1.807, 2.05) is 30.3 Å². The Morgan fingerprint density at radius 1 is 1.03 bits per heavy atom. The van der Waals surface area contributed by atoms with Gasteiger partial charge in [-0.1, -0.05) is 23.4 Å². The number of carboxylic acids is 1. The molecule has 0 aliphatic heterocycles. The molecule has 0 saturated carbocycles. The standard InChI is InChI=1S/C22H14FN5O2/c23-17-11-15(4-5-16(17)22(29)30)19-7-8-20-21(25-19)28(27-26-20)12-13-3-6-18-14(10-13)2-1-9-24-18/h1-11H,12H2,(H,29,30). The molecule has 30 heavy (non-hydrogen) atoms. The second kappa shape index (κ2) is 7.00. The molecule has 0 atom stereocenters. The first-order chi connectivity index (χ1) is 14.6. The number of nitrogens with zero attached hydrogens (tertiary/aromatic N) is 5. The largest absolute Gasteiger partial charge is 0.478 e. The number of halogens is 1. The minimum absolute atomic E-state index is 0.377. The second-order valence-corrected chi connectivity index (χ2v) is 6.82. The van der Waals surface area contributed by atoms with Crippen LogP contribution in [0.2, 0.25) is 0 Å². The molecule has 7 nitrogen and oxygen atoms in total. The average Bonchev–Trinajstić information content (AvgIpc) is 3.15. The topological polar surface area (TPSA) is 93.8 Å². The van der Waals surface area contributed by atoms with Crippen LogP contribution in [0.25, 0.3) is 33.3 Å². The fraction of sp³-hybridized carbons (Fsp3) is 0.0455. The van der Waals surface area contributed by atoms with Crippen LogP contribution in [0.5, 0.6) is 0 Å². The summed E-state index contributed by atoms with van der Waals surface area (Å²) in [5.74, 6) is -2.12. The van der Waals surface area contributed by atoms with E-state index < -0.39 is 11.8 Å². The summed E-state index contributed by atoms with van der Waals surface area (Å²) >= 11 is 0. The van der Waals surface area contributed by atoms with E-state index >= 15 is 0 Å². The van der Waals surface area contributed by atoms with Crippen LogP contribution < -0.4 is 0 Å². The first-order valence-electron chi connectivity index (χ1n) is 9.15. The zero-order valence-corrected chi connectivity index (χ0v) is 15.5. The third-order valence-corrected chi connectivity index (χ3v) is 4.85. The maximum absolute atomic E-state index is 14.1. The summed E-state index contributed by atoms with van der Waals surface area (Å²) in [6.45, 7) is 0.462. The molecular weight excluding hydrogens is 385 g/mol. The van der Waals surface area contributed by atoms with E-state index in [1.165, 1.54) is 18.2 Å². The van der Waals surface area contributed by atoms with Crippen LogP contribution in [0.15, 0.2) is 66.9 Å². The van der Waals surface area contributed by atoms with Gasteiger partial charge in [0.1, 0.15) is 11.3 Å². The van der Waals surface area contributed by atoms with Gasteiger partial charge in [-0.05, 0) is 48.0 Å². The Morgan fingerprint density at radius 2 is 1.90 bits per heavy atom. The molecule has 0 aliphatic carbocycles. The van der Waals surface area contributed by atoms with Crippen molar-refractivity contribution in [3.63, 3.8) is 0 Å². The number of benzene rings is 2. The van der Waals surface area contributed by atoms with E-state index in [-0.39, 0.29) is 5.56 Å². The van der Waals surface area contributed by atoms with Crippen molar-refractivity contribution in [3.05, 3.63) is 83.8 Å². The number of carbonyl (C=O) groups is 1. The van der Waals surface area contributed by atoms with Crippen LogP contribution in [0.4, 0.5) is 4.39 Å². The van der Waals surface area contributed by atoms with Gasteiger partial charge in [0.15, 0.2) is 5.65 Å². The summed E-state index contributed by atoms with van der Waals surface area (Å²) in [6.07, 6.45) is 1.75. The van der Waals surface area contributed by atoms with Crippen LogP contribution >= 0.6 is 0 Å². The van der Waals surface area contributed by atoms with E-state index in [9.17, 15) is 9.18 Å². The first kappa shape index (κ1) is 17.9. The summed E-state index contributed by atoms with van der Waals surface area (Å²) in [6, 6.07) is 17.3. The van der Waals surface area contributed by atoms with Crippen molar-refractivity contribution in [2.45, 2.75) is 6.54 Å². The lowest BCUT2D eigenvalue weighted by molar-refractivity contribution is 0.0692. The Kier molecular flexibility index (Phi) is 4.17. The minimum atomic E-state index is -1.31. The van der Waals surface area contributed by atoms with E-state index in [4.69, 9.17) is 5.11 Å². The average molecular weight is 399 g/mol.